The predicted molar refractivity (Wildman–Crippen MR) is 73.9 cm³/mol. The lowest BCUT2D eigenvalue weighted by molar-refractivity contribution is -0.385. The van der Waals surface area contributed by atoms with Crippen molar-refractivity contribution < 1.29 is 9.72 Å². The molecular weight excluding hydrogens is 284 g/mol. The van der Waals surface area contributed by atoms with Crippen molar-refractivity contribution in [2.45, 2.75) is 6.42 Å². The highest BCUT2D eigenvalue weighted by molar-refractivity contribution is 6.32. The number of halogens is 1. The zero-order chi connectivity index (χ0) is 14.7. The predicted octanol–water partition coefficient (Wildman–Crippen LogP) is 1.42. The van der Waals surface area contributed by atoms with Gasteiger partial charge in [-0.15, -0.1) is 0 Å². The van der Waals surface area contributed by atoms with Crippen LogP contribution in [-0.4, -0.2) is 58.8 Å². The van der Waals surface area contributed by atoms with Crippen LogP contribution in [0.4, 0.5) is 5.69 Å². The molecule has 0 unspecified atom stereocenters. The third-order valence-corrected chi connectivity index (χ3v) is 3.58. The zero-order valence-corrected chi connectivity index (χ0v) is 11.8. The highest BCUT2D eigenvalue weighted by Gasteiger charge is 2.28. The Morgan fingerprint density at radius 3 is 2.85 bits per heavy atom. The molecule has 0 N–H and O–H groups in total. The van der Waals surface area contributed by atoms with Gasteiger partial charge in [-0.1, -0.05) is 11.6 Å². The van der Waals surface area contributed by atoms with Crippen LogP contribution in [0.5, 0.6) is 0 Å². The minimum absolute atomic E-state index is 0.000414. The van der Waals surface area contributed by atoms with Gasteiger partial charge in [-0.2, -0.15) is 0 Å². The number of pyridine rings is 1. The fourth-order valence-corrected chi connectivity index (χ4v) is 2.42. The summed E-state index contributed by atoms with van der Waals surface area (Å²) < 4.78 is 0. The topological polar surface area (TPSA) is 79.6 Å². The van der Waals surface area contributed by atoms with Crippen LogP contribution in [0, 0.1) is 10.1 Å². The van der Waals surface area contributed by atoms with E-state index in [0.29, 0.717) is 13.1 Å². The summed E-state index contributed by atoms with van der Waals surface area (Å²) in [5, 5.41) is 10.8. The second kappa shape index (κ2) is 6.15. The molecule has 0 aromatic carbocycles. The number of aromatic nitrogens is 1. The average Bonchev–Trinajstić information content (AvgIpc) is 2.62. The number of likely N-dealkylation sites (N-methyl/N-ethyl adjacent to an activating group) is 1. The van der Waals surface area contributed by atoms with E-state index in [0.717, 1.165) is 19.5 Å². The zero-order valence-electron chi connectivity index (χ0n) is 11.1. The fraction of sp³-hybridized carbons (Fsp3) is 0.500. The number of hydrogen-bond donors (Lipinski definition) is 0. The van der Waals surface area contributed by atoms with Crippen molar-refractivity contribution in [3.63, 3.8) is 0 Å². The van der Waals surface area contributed by atoms with Gasteiger partial charge in [0.1, 0.15) is 5.56 Å². The first-order valence-electron chi connectivity index (χ1n) is 6.27. The van der Waals surface area contributed by atoms with Gasteiger partial charge >= 0.3 is 5.69 Å². The van der Waals surface area contributed by atoms with Crippen LogP contribution in [0.25, 0.3) is 0 Å². The first-order valence-corrected chi connectivity index (χ1v) is 6.65. The standard InChI is InChI=1S/C12H15ClN4O3/c1-15-5-2-6-16(8-7-15)12(18)9-3-4-14-11(13)10(9)17(19)20/h3-4H,2,5-8H2,1H3. The van der Waals surface area contributed by atoms with Gasteiger partial charge in [0.25, 0.3) is 5.91 Å². The highest BCUT2D eigenvalue weighted by Crippen LogP contribution is 2.27. The number of hydrogen-bond acceptors (Lipinski definition) is 5. The summed E-state index contributed by atoms with van der Waals surface area (Å²) in [6.07, 6.45) is 2.15. The van der Waals surface area contributed by atoms with Gasteiger partial charge in [-0.25, -0.2) is 4.98 Å². The molecule has 0 radical (unpaired) electrons. The molecule has 0 saturated carbocycles. The van der Waals surface area contributed by atoms with Crippen molar-refractivity contribution in [3.8, 4) is 0 Å². The number of carbonyl (C=O) groups is 1. The van der Waals surface area contributed by atoms with E-state index < -0.39 is 10.6 Å². The maximum Gasteiger partial charge on any atom is 0.319 e. The number of nitro groups is 1. The molecule has 108 valence electrons. The Kier molecular flexibility index (Phi) is 4.51. The fourth-order valence-electron chi connectivity index (χ4n) is 2.19. The van der Waals surface area contributed by atoms with E-state index in [1.807, 2.05) is 7.05 Å². The summed E-state index contributed by atoms with van der Waals surface area (Å²) in [4.78, 5) is 30.3. The molecule has 7 nitrogen and oxygen atoms in total. The lowest BCUT2D eigenvalue weighted by Gasteiger charge is -2.20. The van der Waals surface area contributed by atoms with E-state index in [4.69, 9.17) is 11.6 Å². The van der Waals surface area contributed by atoms with Crippen LogP contribution < -0.4 is 0 Å². The van der Waals surface area contributed by atoms with Crippen molar-refractivity contribution in [2.24, 2.45) is 0 Å². The number of nitrogens with zero attached hydrogens (tertiary/aromatic N) is 4. The Labute approximate surface area is 121 Å². The molecule has 20 heavy (non-hydrogen) atoms. The molecule has 1 aromatic heterocycles. The molecule has 2 rings (SSSR count). The average molecular weight is 299 g/mol. The van der Waals surface area contributed by atoms with Gasteiger partial charge in [0.05, 0.1) is 4.92 Å². The van der Waals surface area contributed by atoms with E-state index in [1.54, 1.807) is 4.90 Å². The van der Waals surface area contributed by atoms with E-state index in [9.17, 15) is 14.9 Å². The van der Waals surface area contributed by atoms with E-state index in [-0.39, 0.29) is 16.6 Å². The minimum atomic E-state index is -0.660. The molecule has 0 atom stereocenters. The van der Waals surface area contributed by atoms with Crippen molar-refractivity contribution in [1.82, 2.24) is 14.8 Å². The van der Waals surface area contributed by atoms with Crippen LogP contribution in [-0.2, 0) is 0 Å². The molecule has 1 aliphatic rings. The SMILES string of the molecule is CN1CCCN(C(=O)c2ccnc(Cl)c2[N+](=O)[O-])CC1. The molecule has 1 saturated heterocycles. The number of amides is 1. The Morgan fingerprint density at radius 1 is 1.40 bits per heavy atom. The minimum Gasteiger partial charge on any atom is -0.337 e. The van der Waals surface area contributed by atoms with Crippen molar-refractivity contribution in [1.29, 1.82) is 0 Å². The second-order valence-corrected chi connectivity index (χ2v) is 5.06. The first kappa shape index (κ1) is 14.7. The molecule has 1 amide bonds. The second-order valence-electron chi connectivity index (χ2n) is 4.70. The lowest BCUT2D eigenvalue weighted by atomic mass is 10.2. The smallest absolute Gasteiger partial charge is 0.319 e. The van der Waals surface area contributed by atoms with Crippen LogP contribution in [0.15, 0.2) is 12.3 Å². The monoisotopic (exact) mass is 298 g/mol. The summed E-state index contributed by atoms with van der Waals surface area (Å²) in [7, 11) is 1.99. The molecule has 8 heteroatoms. The Bertz CT molecular complexity index is 537. The van der Waals surface area contributed by atoms with E-state index >= 15 is 0 Å². The van der Waals surface area contributed by atoms with Crippen molar-refractivity contribution in [2.75, 3.05) is 33.2 Å². The normalized spacial score (nSPS) is 16.8. The van der Waals surface area contributed by atoms with Crippen molar-refractivity contribution >= 4 is 23.2 Å². The summed E-state index contributed by atoms with van der Waals surface area (Å²) in [5.41, 5.74) is -0.420. The molecule has 0 spiro atoms. The van der Waals surface area contributed by atoms with Crippen LogP contribution in [0.1, 0.15) is 16.8 Å². The summed E-state index contributed by atoms with van der Waals surface area (Å²) in [5.74, 6) is -0.365. The van der Waals surface area contributed by atoms with E-state index in [2.05, 4.69) is 9.88 Å². The largest absolute Gasteiger partial charge is 0.337 e. The molecular formula is C12H15ClN4O3. The molecule has 1 aliphatic heterocycles. The lowest BCUT2D eigenvalue weighted by Crippen LogP contribution is -2.34. The third-order valence-electron chi connectivity index (χ3n) is 3.30. The summed E-state index contributed by atoms with van der Waals surface area (Å²) in [6, 6.07) is 1.35. The summed E-state index contributed by atoms with van der Waals surface area (Å²) >= 11 is 5.73. The maximum atomic E-state index is 12.5. The van der Waals surface area contributed by atoms with Crippen LogP contribution in [0.2, 0.25) is 5.15 Å². The van der Waals surface area contributed by atoms with Gasteiger partial charge < -0.3 is 9.80 Å². The molecule has 1 fully saturated rings. The first-order chi connectivity index (χ1) is 9.50. The van der Waals surface area contributed by atoms with Gasteiger partial charge in [-0.3, -0.25) is 14.9 Å². The molecule has 0 aliphatic carbocycles. The van der Waals surface area contributed by atoms with Gasteiger partial charge in [0.2, 0.25) is 5.15 Å². The molecule has 2 heterocycles. The van der Waals surface area contributed by atoms with Crippen molar-refractivity contribution in [3.05, 3.63) is 33.1 Å². The highest BCUT2D eigenvalue weighted by atomic mass is 35.5. The van der Waals surface area contributed by atoms with E-state index in [1.165, 1.54) is 12.3 Å². The Hall–Kier alpha value is -1.73. The quantitative estimate of drug-likeness (QED) is 0.469. The van der Waals surface area contributed by atoms with Gasteiger partial charge in [0.15, 0.2) is 0 Å². The third kappa shape index (κ3) is 3.05. The molecule has 1 aromatic rings. The Balaban J connectivity index is 2.29. The Morgan fingerprint density at radius 2 is 2.15 bits per heavy atom. The summed E-state index contributed by atoms with van der Waals surface area (Å²) in [6.45, 7) is 2.79. The number of rotatable bonds is 2. The number of carbonyl (C=O) groups excluding carboxylic acids is 1. The van der Waals surface area contributed by atoms with Gasteiger partial charge in [-0.05, 0) is 26.1 Å². The van der Waals surface area contributed by atoms with Gasteiger partial charge in [0, 0.05) is 25.8 Å². The van der Waals surface area contributed by atoms with Crippen LogP contribution in [0.3, 0.4) is 0 Å². The van der Waals surface area contributed by atoms with Crippen LogP contribution >= 0.6 is 11.6 Å². The molecule has 0 bridgehead atoms. The maximum absolute atomic E-state index is 12.5.